The molecular weight excluding hydrogens is 641 g/mol. The highest BCUT2D eigenvalue weighted by atomic mass is 32.2. The summed E-state index contributed by atoms with van der Waals surface area (Å²) in [5.74, 6) is 1.76. The summed E-state index contributed by atoms with van der Waals surface area (Å²) in [4.78, 5) is 7.40. The fourth-order valence-electron chi connectivity index (χ4n) is 7.53. The molecular formula is C46H45N4S+. The topological polar surface area (TPSA) is 27.7 Å². The van der Waals surface area contributed by atoms with Crippen molar-refractivity contribution in [1.82, 2.24) is 18.7 Å². The summed E-state index contributed by atoms with van der Waals surface area (Å²) in [7, 11) is 0. The number of benzene rings is 5. The minimum absolute atomic E-state index is 0.0337. The fraction of sp³-hybridized carbons (Fsp3) is 0.217. The lowest BCUT2D eigenvalue weighted by Crippen LogP contribution is -2.20. The number of para-hydroxylation sites is 3. The van der Waals surface area contributed by atoms with Crippen LogP contribution in [-0.4, -0.2) is 18.7 Å². The first-order chi connectivity index (χ1) is 24.6. The second-order valence-electron chi connectivity index (χ2n) is 15.2. The van der Waals surface area contributed by atoms with E-state index >= 15 is 0 Å². The number of aromatic nitrogens is 4. The number of rotatable bonds is 7. The highest BCUT2D eigenvalue weighted by Crippen LogP contribution is 2.40. The highest BCUT2D eigenvalue weighted by molar-refractivity contribution is 7.99. The molecule has 0 aliphatic carbocycles. The van der Waals surface area contributed by atoms with Gasteiger partial charge in [-0.1, -0.05) is 81.9 Å². The minimum Gasteiger partial charge on any atom is -0.294 e. The molecule has 0 atom stereocenters. The first kappa shape index (κ1) is 33.0. The molecule has 0 radical (unpaired) electrons. The molecule has 254 valence electrons. The summed E-state index contributed by atoms with van der Waals surface area (Å²) >= 11 is 1.80. The molecule has 3 aromatic heterocycles. The van der Waals surface area contributed by atoms with Crippen LogP contribution >= 0.6 is 11.8 Å². The zero-order valence-corrected chi connectivity index (χ0v) is 31.4. The number of imidazole rings is 1. The Morgan fingerprint density at radius 3 is 1.98 bits per heavy atom. The summed E-state index contributed by atoms with van der Waals surface area (Å²) in [6.07, 6.45) is 4.22. The molecule has 0 saturated heterocycles. The van der Waals surface area contributed by atoms with Gasteiger partial charge in [0.15, 0.2) is 17.4 Å². The maximum absolute atomic E-state index is 5.01. The van der Waals surface area contributed by atoms with E-state index in [2.05, 4.69) is 190 Å². The van der Waals surface area contributed by atoms with Crippen LogP contribution in [0, 0.1) is 0 Å². The second kappa shape index (κ2) is 12.9. The zero-order valence-electron chi connectivity index (χ0n) is 30.6. The maximum atomic E-state index is 5.01. The van der Waals surface area contributed by atoms with E-state index in [1.165, 1.54) is 53.9 Å². The first-order valence-electron chi connectivity index (χ1n) is 18.0. The Labute approximate surface area is 305 Å². The molecule has 0 saturated carbocycles. The van der Waals surface area contributed by atoms with Crippen LogP contribution in [0.15, 0.2) is 144 Å². The van der Waals surface area contributed by atoms with Crippen LogP contribution in [0.4, 0.5) is 0 Å². The smallest absolute Gasteiger partial charge is 0.191 e. The number of hydrogen-bond donors (Lipinski definition) is 0. The fourth-order valence-corrected chi connectivity index (χ4v) is 8.43. The van der Waals surface area contributed by atoms with Gasteiger partial charge in [-0.2, -0.15) is 4.57 Å². The Morgan fingerprint density at radius 1 is 0.608 bits per heavy atom. The van der Waals surface area contributed by atoms with Crippen LogP contribution in [-0.2, 0) is 5.54 Å². The molecule has 0 amide bonds. The second-order valence-corrected chi connectivity index (χ2v) is 16.3. The Balaban J connectivity index is 1.23. The van der Waals surface area contributed by atoms with E-state index in [9.17, 15) is 0 Å². The predicted octanol–water partition coefficient (Wildman–Crippen LogP) is 13.0. The molecule has 4 nitrogen and oxygen atoms in total. The molecule has 5 aromatic carbocycles. The van der Waals surface area contributed by atoms with Crippen molar-refractivity contribution in [1.29, 1.82) is 0 Å². The lowest BCUT2D eigenvalue weighted by Gasteiger charge is -2.20. The van der Waals surface area contributed by atoms with E-state index in [1.807, 2.05) is 6.20 Å². The average molecular weight is 686 g/mol. The van der Waals surface area contributed by atoms with E-state index < -0.39 is 0 Å². The van der Waals surface area contributed by atoms with E-state index in [0.29, 0.717) is 11.8 Å². The van der Waals surface area contributed by atoms with Gasteiger partial charge in [0.25, 0.3) is 0 Å². The van der Waals surface area contributed by atoms with Gasteiger partial charge < -0.3 is 0 Å². The Kier molecular flexibility index (Phi) is 8.35. The largest absolute Gasteiger partial charge is 0.294 e. The number of hydrogen-bond acceptors (Lipinski definition) is 2. The third-order valence-electron chi connectivity index (χ3n) is 9.97. The van der Waals surface area contributed by atoms with Gasteiger partial charge in [-0.25, -0.2) is 9.55 Å². The zero-order chi connectivity index (χ0) is 35.4. The summed E-state index contributed by atoms with van der Waals surface area (Å²) in [6, 6.07) is 44.3. The molecule has 8 aromatic rings. The van der Waals surface area contributed by atoms with E-state index in [0.717, 1.165) is 22.5 Å². The van der Waals surface area contributed by atoms with Crippen LogP contribution in [0.5, 0.6) is 0 Å². The van der Waals surface area contributed by atoms with Crippen molar-refractivity contribution < 1.29 is 0 Å². The van der Waals surface area contributed by atoms with Crippen LogP contribution in [0.1, 0.15) is 71.4 Å². The molecule has 0 bridgehead atoms. The molecule has 0 aliphatic rings. The van der Waals surface area contributed by atoms with Crippen molar-refractivity contribution in [3.63, 3.8) is 0 Å². The third-order valence-corrected chi connectivity index (χ3v) is 10.9. The van der Waals surface area contributed by atoms with Crippen LogP contribution in [0.3, 0.4) is 0 Å². The average Bonchev–Trinajstić information content (AvgIpc) is 3.68. The maximum Gasteiger partial charge on any atom is 0.191 e. The summed E-state index contributed by atoms with van der Waals surface area (Å²) in [5, 5.41) is 2.46. The van der Waals surface area contributed by atoms with Crippen molar-refractivity contribution in [3.8, 4) is 22.6 Å². The summed E-state index contributed by atoms with van der Waals surface area (Å²) in [6.45, 7) is 15.9. The summed E-state index contributed by atoms with van der Waals surface area (Å²) in [5.41, 5.74) is 11.2. The Bertz CT molecular complexity index is 2540. The number of nitrogens with zero attached hydrogens (tertiary/aromatic N) is 4. The van der Waals surface area contributed by atoms with Crippen molar-refractivity contribution >= 4 is 44.6 Å². The molecule has 8 rings (SSSR count). The molecule has 3 heterocycles. The normalized spacial score (nSPS) is 12.3. The molecule has 5 heteroatoms. The van der Waals surface area contributed by atoms with Gasteiger partial charge in [-0.3, -0.25) is 4.57 Å². The lowest BCUT2D eigenvalue weighted by molar-refractivity contribution is 0.406. The lowest BCUT2D eigenvalue weighted by atomic mass is 9.85. The molecule has 51 heavy (non-hydrogen) atoms. The molecule has 0 N–H and O–H groups in total. The van der Waals surface area contributed by atoms with Crippen molar-refractivity contribution in [2.75, 3.05) is 0 Å². The minimum atomic E-state index is -0.0337. The molecule has 0 spiro atoms. The van der Waals surface area contributed by atoms with E-state index in [4.69, 9.17) is 4.98 Å². The van der Waals surface area contributed by atoms with E-state index in [1.54, 1.807) is 11.8 Å². The standard InChI is InChI=1S/C46H45N4S/c1-30(2)36-17-13-18-37(31(3)4)45(36)32-24-25-47-44(26-32)50-40-19-9-8-16-38(40)39-23-22-35(28-43(39)50)51-34-15-12-14-33(27-34)48-29-49(46(5,6)7)42-21-11-10-20-41(42)48/h8-31H,1-7H3/q+1. The SMILES string of the molecule is CC(C)c1cccc(C(C)C)c1-c1ccnc(-n2c3ccccc3c3ccc(Sc4cccc(-n5[cH+]n(C(C)(C)C)c6ccccc65)c4)cc32)c1. The summed E-state index contributed by atoms with van der Waals surface area (Å²) < 4.78 is 7.02. The van der Waals surface area contributed by atoms with Crippen molar-refractivity contribution in [3.05, 3.63) is 145 Å². The number of pyridine rings is 1. The number of fused-ring (bicyclic) bond motifs is 4. The Morgan fingerprint density at radius 2 is 1.25 bits per heavy atom. The van der Waals surface area contributed by atoms with Gasteiger partial charge in [0.1, 0.15) is 11.5 Å². The monoisotopic (exact) mass is 685 g/mol. The van der Waals surface area contributed by atoms with E-state index in [-0.39, 0.29) is 5.54 Å². The van der Waals surface area contributed by atoms with Gasteiger partial charge >= 0.3 is 0 Å². The van der Waals surface area contributed by atoms with Gasteiger partial charge in [-0.15, -0.1) is 0 Å². The van der Waals surface area contributed by atoms with Crippen LogP contribution < -0.4 is 0 Å². The van der Waals surface area contributed by atoms with Crippen molar-refractivity contribution in [2.45, 2.75) is 75.6 Å². The molecule has 0 aliphatic heterocycles. The van der Waals surface area contributed by atoms with Gasteiger partial charge in [-0.05, 0) is 109 Å². The molecule has 0 unspecified atom stereocenters. The third kappa shape index (κ3) is 5.94. The van der Waals surface area contributed by atoms with Crippen LogP contribution in [0.2, 0.25) is 0 Å². The highest BCUT2D eigenvalue weighted by Gasteiger charge is 2.25. The first-order valence-corrected chi connectivity index (χ1v) is 18.8. The van der Waals surface area contributed by atoms with Gasteiger partial charge in [0.05, 0.1) is 16.6 Å². The Hall–Kier alpha value is -5.13. The van der Waals surface area contributed by atoms with Gasteiger partial charge in [0.2, 0.25) is 0 Å². The van der Waals surface area contributed by atoms with Gasteiger partial charge in [0, 0.05) is 51.0 Å². The molecule has 0 fully saturated rings. The van der Waals surface area contributed by atoms with Crippen LogP contribution in [0.25, 0.3) is 55.5 Å². The quantitative estimate of drug-likeness (QED) is 0.156. The van der Waals surface area contributed by atoms with Crippen molar-refractivity contribution in [2.24, 2.45) is 0 Å². The predicted molar refractivity (Wildman–Crippen MR) is 217 cm³/mol.